The van der Waals surface area contributed by atoms with Crippen LogP contribution in [0.5, 0.6) is 0 Å². The Morgan fingerprint density at radius 3 is 2.44 bits per heavy atom. The Balaban J connectivity index is 1.88. The summed E-state index contributed by atoms with van der Waals surface area (Å²) in [5, 5.41) is 8.02. The zero-order valence-electron chi connectivity index (χ0n) is 15.3. The van der Waals surface area contributed by atoms with Gasteiger partial charge in [-0.25, -0.2) is 13.2 Å². The molecule has 0 saturated carbocycles. The van der Waals surface area contributed by atoms with Crippen LogP contribution in [0.4, 0.5) is 18.9 Å². The van der Waals surface area contributed by atoms with Gasteiger partial charge in [-0.3, -0.25) is 9.79 Å². The highest BCUT2D eigenvalue weighted by atomic mass is 19.2. The third-order valence-electron chi connectivity index (χ3n) is 3.89. The van der Waals surface area contributed by atoms with E-state index in [-0.39, 0.29) is 6.54 Å². The fourth-order valence-electron chi connectivity index (χ4n) is 2.42. The lowest BCUT2D eigenvalue weighted by Gasteiger charge is -2.14. The number of guanidine groups is 1. The van der Waals surface area contributed by atoms with Crippen molar-refractivity contribution in [1.82, 2.24) is 10.6 Å². The van der Waals surface area contributed by atoms with Crippen molar-refractivity contribution in [3.63, 3.8) is 0 Å². The highest BCUT2D eigenvalue weighted by molar-refractivity contribution is 5.95. The zero-order chi connectivity index (χ0) is 20.0. The Bertz CT molecular complexity index is 868. The predicted molar refractivity (Wildman–Crippen MR) is 99.1 cm³/mol. The number of rotatable bonds is 5. The molecule has 2 aromatic rings. The summed E-state index contributed by atoms with van der Waals surface area (Å²) in [5.41, 5.74) is 2.94. The third kappa shape index (κ3) is 5.47. The predicted octanol–water partition coefficient (Wildman–Crippen LogP) is 3.02. The number of hydrogen-bond acceptors (Lipinski definition) is 2. The number of aryl methyl sites for hydroxylation is 2. The first kappa shape index (κ1) is 20.3. The Kier molecular flexibility index (Phi) is 6.81. The lowest BCUT2D eigenvalue weighted by molar-refractivity contribution is -0.115. The SMILES string of the molecule is CN=C(NCC(=O)Nc1ccc(F)c(F)c1F)NCc1ccc(C)cc1C. The molecular formula is C19H21F3N4O. The van der Waals surface area contributed by atoms with Crippen LogP contribution in [0.3, 0.4) is 0 Å². The summed E-state index contributed by atoms with van der Waals surface area (Å²) >= 11 is 0. The fraction of sp³-hybridized carbons (Fsp3) is 0.263. The third-order valence-corrected chi connectivity index (χ3v) is 3.89. The van der Waals surface area contributed by atoms with Crippen LogP contribution in [0.2, 0.25) is 0 Å². The summed E-state index contributed by atoms with van der Waals surface area (Å²) in [6.07, 6.45) is 0. The molecule has 8 heteroatoms. The molecular weight excluding hydrogens is 357 g/mol. The largest absolute Gasteiger partial charge is 0.352 e. The molecule has 144 valence electrons. The number of nitrogens with one attached hydrogen (secondary N) is 3. The molecule has 5 nitrogen and oxygen atoms in total. The van der Waals surface area contributed by atoms with Gasteiger partial charge >= 0.3 is 0 Å². The number of carbonyl (C=O) groups is 1. The molecule has 2 rings (SSSR count). The van der Waals surface area contributed by atoms with Gasteiger partial charge in [-0.15, -0.1) is 0 Å². The summed E-state index contributed by atoms with van der Waals surface area (Å²) in [4.78, 5) is 15.9. The molecule has 0 aromatic heterocycles. The molecule has 0 aliphatic carbocycles. The van der Waals surface area contributed by atoms with Crippen LogP contribution in [-0.2, 0) is 11.3 Å². The highest BCUT2D eigenvalue weighted by Crippen LogP contribution is 2.19. The molecule has 0 spiro atoms. The average Bonchev–Trinajstić information content (AvgIpc) is 2.63. The van der Waals surface area contributed by atoms with E-state index in [0.717, 1.165) is 23.3 Å². The molecule has 0 bridgehead atoms. The number of benzene rings is 2. The van der Waals surface area contributed by atoms with Crippen molar-refractivity contribution < 1.29 is 18.0 Å². The van der Waals surface area contributed by atoms with Crippen molar-refractivity contribution in [2.45, 2.75) is 20.4 Å². The molecule has 0 fully saturated rings. The van der Waals surface area contributed by atoms with Crippen molar-refractivity contribution in [3.05, 3.63) is 64.5 Å². The molecule has 2 aromatic carbocycles. The molecule has 0 aliphatic rings. The Morgan fingerprint density at radius 2 is 1.78 bits per heavy atom. The summed E-state index contributed by atoms with van der Waals surface area (Å²) in [6.45, 7) is 4.29. The number of amides is 1. The smallest absolute Gasteiger partial charge is 0.243 e. The second kappa shape index (κ2) is 9.07. The number of hydrogen-bond donors (Lipinski definition) is 3. The molecule has 0 saturated heterocycles. The molecule has 0 unspecified atom stereocenters. The van der Waals surface area contributed by atoms with Gasteiger partial charge in [0.2, 0.25) is 5.91 Å². The van der Waals surface area contributed by atoms with Crippen LogP contribution in [0.25, 0.3) is 0 Å². The van der Waals surface area contributed by atoms with Gasteiger partial charge in [0, 0.05) is 13.6 Å². The lowest BCUT2D eigenvalue weighted by atomic mass is 10.1. The van der Waals surface area contributed by atoms with E-state index in [1.54, 1.807) is 7.05 Å². The van der Waals surface area contributed by atoms with Crippen LogP contribution in [0.15, 0.2) is 35.3 Å². The topological polar surface area (TPSA) is 65.5 Å². The number of halogens is 3. The second-order valence-corrected chi connectivity index (χ2v) is 5.98. The van der Waals surface area contributed by atoms with Crippen LogP contribution in [0, 0.1) is 31.3 Å². The molecule has 0 heterocycles. The standard InChI is InChI=1S/C19H21F3N4O/c1-11-4-5-13(12(2)8-11)9-24-19(23-3)25-10-16(27)26-15-7-6-14(20)17(21)18(15)22/h4-8H,9-10H2,1-3H3,(H,26,27)(H2,23,24,25). The van der Waals surface area contributed by atoms with E-state index in [4.69, 9.17) is 0 Å². The fourth-order valence-corrected chi connectivity index (χ4v) is 2.42. The van der Waals surface area contributed by atoms with E-state index in [9.17, 15) is 18.0 Å². The summed E-state index contributed by atoms with van der Waals surface area (Å²) in [5.74, 6) is -4.66. The zero-order valence-corrected chi connectivity index (χ0v) is 15.3. The van der Waals surface area contributed by atoms with E-state index in [1.807, 2.05) is 26.0 Å². The van der Waals surface area contributed by atoms with Crippen LogP contribution >= 0.6 is 0 Å². The summed E-state index contributed by atoms with van der Waals surface area (Å²) < 4.78 is 39.7. The number of anilines is 1. The number of carbonyl (C=O) groups excluding carboxylic acids is 1. The van der Waals surface area contributed by atoms with E-state index in [1.165, 1.54) is 5.56 Å². The van der Waals surface area contributed by atoms with Crippen LogP contribution < -0.4 is 16.0 Å². The minimum atomic E-state index is -1.63. The van der Waals surface area contributed by atoms with Crippen molar-refractivity contribution >= 4 is 17.6 Å². The van der Waals surface area contributed by atoms with Gasteiger partial charge in [-0.05, 0) is 37.1 Å². The van der Waals surface area contributed by atoms with E-state index < -0.39 is 29.0 Å². The minimum Gasteiger partial charge on any atom is -0.352 e. The van der Waals surface area contributed by atoms with Gasteiger partial charge in [0.15, 0.2) is 23.4 Å². The van der Waals surface area contributed by atoms with Gasteiger partial charge in [0.05, 0.1) is 12.2 Å². The van der Waals surface area contributed by atoms with E-state index in [2.05, 4.69) is 27.0 Å². The van der Waals surface area contributed by atoms with Crippen molar-refractivity contribution in [3.8, 4) is 0 Å². The van der Waals surface area contributed by atoms with Gasteiger partial charge in [-0.1, -0.05) is 23.8 Å². The van der Waals surface area contributed by atoms with Crippen LogP contribution in [0.1, 0.15) is 16.7 Å². The first-order chi connectivity index (χ1) is 12.8. The summed E-state index contributed by atoms with van der Waals surface area (Å²) in [7, 11) is 1.55. The van der Waals surface area contributed by atoms with E-state index in [0.29, 0.717) is 12.5 Å². The van der Waals surface area contributed by atoms with Crippen molar-refractivity contribution in [1.29, 1.82) is 0 Å². The first-order valence-electron chi connectivity index (χ1n) is 8.25. The maximum atomic E-state index is 13.6. The first-order valence-corrected chi connectivity index (χ1v) is 8.25. The monoisotopic (exact) mass is 378 g/mol. The Hall–Kier alpha value is -3.03. The molecule has 3 N–H and O–H groups in total. The maximum Gasteiger partial charge on any atom is 0.243 e. The van der Waals surface area contributed by atoms with Crippen LogP contribution in [-0.4, -0.2) is 25.5 Å². The Labute approximate surface area is 155 Å². The highest BCUT2D eigenvalue weighted by Gasteiger charge is 2.15. The molecule has 1 amide bonds. The van der Waals surface area contributed by atoms with Gasteiger partial charge < -0.3 is 16.0 Å². The number of nitrogens with zero attached hydrogens (tertiary/aromatic N) is 1. The van der Waals surface area contributed by atoms with Crippen molar-refractivity contribution in [2.75, 3.05) is 18.9 Å². The normalized spacial score (nSPS) is 11.3. The molecule has 0 atom stereocenters. The summed E-state index contributed by atoms with van der Waals surface area (Å²) in [6, 6.07) is 7.77. The number of aliphatic imine (C=N–C) groups is 1. The average molecular weight is 378 g/mol. The minimum absolute atomic E-state index is 0.231. The molecule has 0 radical (unpaired) electrons. The van der Waals surface area contributed by atoms with E-state index >= 15 is 0 Å². The quantitative estimate of drug-likeness (QED) is 0.426. The second-order valence-electron chi connectivity index (χ2n) is 5.98. The van der Waals surface area contributed by atoms with Gasteiger partial charge in [0.1, 0.15) is 0 Å². The van der Waals surface area contributed by atoms with Gasteiger partial charge in [0.25, 0.3) is 0 Å². The van der Waals surface area contributed by atoms with Gasteiger partial charge in [-0.2, -0.15) is 0 Å². The Morgan fingerprint density at radius 1 is 1.04 bits per heavy atom. The maximum absolute atomic E-state index is 13.6. The molecule has 0 aliphatic heterocycles. The lowest BCUT2D eigenvalue weighted by Crippen LogP contribution is -2.41. The molecule has 27 heavy (non-hydrogen) atoms. The van der Waals surface area contributed by atoms with Crippen molar-refractivity contribution in [2.24, 2.45) is 4.99 Å².